The number of carbonyl (C=O) groups excluding carboxylic acids is 1. The second kappa shape index (κ2) is 6.69. The van der Waals surface area contributed by atoms with Crippen molar-refractivity contribution in [3.8, 4) is 5.75 Å². The Kier molecular flexibility index (Phi) is 4.67. The summed E-state index contributed by atoms with van der Waals surface area (Å²) < 4.78 is 5.69. The van der Waals surface area contributed by atoms with E-state index in [-0.39, 0.29) is 11.8 Å². The Morgan fingerprint density at radius 3 is 2.73 bits per heavy atom. The van der Waals surface area contributed by atoms with Crippen molar-refractivity contribution in [2.45, 2.75) is 56.5 Å². The van der Waals surface area contributed by atoms with Gasteiger partial charge in [-0.05, 0) is 49.7 Å². The van der Waals surface area contributed by atoms with E-state index in [0.29, 0.717) is 25.1 Å². The third-order valence-corrected chi connectivity index (χ3v) is 5.19. The van der Waals surface area contributed by atoms with E-state index in [1.807, 2.05) is 30.1 Å². The first kappa shape index (κ1) is 15.3. The minimum atomic E-state index is 0.252. The lowest BCUT2D eigenvalue weighted by Gasteiger charge is -2.35. The SMILES string of the molecule is CN(C(=O)CC1CCOc2ccccc21)C1CCC(N)CC1. The van der Waals surface area contributed by atoms with Crippen molar-refractivity contribution in [1.29, 1.82) is 0 Å². The van der Waals surface area contributed by atoms with Crippen LogP contribution in [-0.2, 0) is 4.79 Å². The summed E-state index contributed by atoms with van der Waals surface area (Å²) in [6.45, 7) is 0.705. The average Bonchev–Trinajstić information content (AvgIpc) is 2.55. The number of hydrogen-bond donors (Lipinski definition) is 1. The van der Waals surface area contributed by atoms with Gasteiger partial charge in [0.05, 0.1) is 6.61 Å². The predicted molar refractivity (Wildman–Crippen MR) is 86.9 cm³/mol. The summed E-state index contributed by atoms with van der Waals surface area (Å²) in [6.07, 6.45) is 5.64. The number of nitrogens with zero attached hydrogens (tertiary/aromatic N) is 1. The fraction of sp³-hybridized carbons (Fsp3) is 0.611. The molecule has 4 nitrogen and oxygen atoms in total. The van der Waals surface area contributed by atoms with E-state index in [9.17, 15) is 4.79 Å². The highest BCUT2D eigenvalue weighted by Gasteiger charge is 2.29. The molecule has 0 aromatic heterocycles. The number of ether oxygens (including phenoxy) is 1. The number of carbonyl (C=O) groups is 1. The standard InChI is InChI=1S/C18H26N2O2/c1-20(15-8-6-14(19)7-9-15)18(21)12-13-10-11-22-17-5-3-2-4-16(13)17/h2-5,13-15H,6-12,19H2,1H3. The maximum absolute atomic E-state index is 12.7. The Hall–Kier alpha value is -1.55. The van der Waals surface area contributed by atoms with Crippen molar-refractivity contribution in [3.63, 3.8) is 0 Å². The molecule has 4 heteroatoms. The molecule has 1 aromatic carbocycles. The van der Waals surface area contributed by atoms with E-state index in [1.54, 1.807) is 0 Å². The van der Waals surface area contributed by atoms with Crippen LogP contribution in [0.1, 0.15) is 50.0 Å². The zero-order valence-corrected chi connectivity index (χ0v) is 13.3. The normalized spacial score (nSPS) is 27.6. The third-order valence-electron chi connectivity index (χ3n) is 5.19. The molecule has 0 bridgehead atoms. The summed E-state index contributed by atoms with van der Waals surface area (Å²) in [4.78, 5) is 14.6. The molecule has 2 N–H and O–H groups in total. The lowest BCUT2D eigenvalue weighted by molar-refractivity contribution is -0.133. The summed E-state index contributed by atoms with van der Waals surface area (Å²) in [7, 11) is 1.95. The van der Waals surface area contributed by atoms with Crippen LogP contribution in [-0.4, -0.2) is 36.5 Å². The number of benzene rings is 1. The highest BCUT2D eigenvalue weighted by molar-refractivity contribution is 5.77. The molecular formula is C18H26N2O2. The summed E-state index contributed by atoms with van der Waals surface area (Å²) in [6, 6.07) is 8.78. The Morgan fingerprint density at radius 2 is 1.95 bits per heavy atom. The monoisotopic (exact) mass is 302 g/mol. The zero-order valence-electron chi connectivity index (χ0n) is 13.3. The highest BCUT2D eigenvalue weighted by atomic mass is 16.5. The van der Waals surface area contributed by atoms with Gasteiger partial charge in [-0.2, -0.15) is 0 Å². The molecule has 1 unspecified atom stereocenters. The average molecular weight is 302 g/mol. The van der Waals surface area contributed by atoms with Crippen molar-refractivity contribution in [1.82, 2.24) is 4.90 Å². The van der Waals surface area contributed by atoms with E-state index in [4.69, 9.17) is 10.5 Å². The molecule has 120 valence electrons. The fourth-order valence-corrected chi connectivity index (χ4v) is 3.68. The van der Waals surface area contributed by atoms with Gasteiger partial charge in [0.15, 0.2) is 0 Å². The van der Waals surface area contributed by atoms with E-state index in [2.05, 4.69) is 6.07 Å². The maximum atomic E-state index is 12.7. The van der Waals surface area contributed by atoms with Crippen molar-refractivity contribution < 1.29 is 9.53 Å². The molecule has 1 saturated carbocycles. The van der Waals surface area contributed by atoms with Crippen LogP contribution in [0.5, 0.6) is 5.75 Å². The molecule has 22 heavy (non-hydrogen) atoms. The Morgan fingerprint density at radius 1 is 1.23 bits per heavy atom. The van der Waals surface area contributed by atoms with Crippen molar-refractivity contribution >= 4 is 5.91 Å². The molecule has 2 aliphatic rings. The largest absolute Gasteiger partial charge is 0.493 e. The van der Waals surface area contributed by atoms with Crippen LogP contribution in [0.2, 0.25) is 0 Å². The van der Waals surface area contributed by atoms with Crippen LogP contribution < -0.4 is 10.5 Å². The minimum absolute atomic E-state index is 0.252. The molecule has 1 aliphatic carbocycles. The minimum Gasteiger partial charge on any atom is -0.493 e. The van der Waals surface area contributed by atoms with Gasteiger partial charge in [0, 0.05) is 25.6 Å². The quantitative estimate of drug-likeness (QED) is 0.934. The number of amides is 1. The molecule has 1 aliphatic heterocycles. The van der Waals surface area contributed by atoms with Gasteiger partial charge in [-0.15, -0.1) is 0 Å². The van der Waals surface area contributed by atoms with Gasteiger partial charge in [0.2, 0.25) is 5.91 Å². The van der Waals surface area contributed by atoms with Gasteiger partial charge in [-0.3, -0.25) is 4.79 Å². The molecule has 3 rings (SSSR count). The molecule has 1 heterocycles. The number of nitrogens with two attached hydrogens (primary N) is 1. The van der Waals surface area contributed by atoms with Crippen LogP contribution in [0.25, 0.3) is 0 Å². The van der Waals surface area contributed by atoms with Crippen LogP contribution in [0.4, 0.5) is 0 Å². The molecule has 1 fully saturated rings. The summed E-state index contributed by atoms with van der Waals surface area (Å²) >= 11 is 0. The second-order valence-corrected chi connectivity index (χ2v) is 6.65. The van der Waals surface area contributed by atoms with E-state index in [0.717, 1.165) is 37.9 Å². The maximum Gasteiger partial charge on any atom is 0.223 e. The molecule has 1 amide bonds. The molecular weight excluding hydrogens is 276 g/mol. The van der Waals surface area contributed by atoms with Crippen molar-refractivity contribution in [3.05, 3.63) is 29.8 Å². The third kappa shape index (κ3) is 3.27. The van der Waals surface area contributed by atoms with Gasteiger partial charge in [-0.25, -0.2) is 0 Å². The molecule has 0 saturated heterocycles. The van der Waals surface area contributed by atoms with Crippen molar-refractivity contribution in [2.75, 3.05) is 13.7 Å². The van der Waals surface area contributed by atoms with Gasteiger partial charge >= 0.3 is 0 Å². The first-order chi connectivity index (χ1) is 10.6. The van der Waals surface area contributed by atoms with Crippen LogP contribution >= 0.6 is 0 Å². The highest BCUT2D eigenvalue weighted by Crippen LogP contribution is 2.36. The lowest BCUT2D eigenvalue weighted by Crippen LogP contribution is -2.42. The predicted octanol–water partition coefficient (Wildman–Crippen LogP) is 2.67. The summed E-state index contributed by atoms with van der Waals surface area (Å²) in [5.74, 6) is 1.48. The van der Waals surface area contributed by atoms with E-state index >= 15 is 0 Å². The van der Waals surface area contributed by atoms with Crippen LogP contribution in [0, 0.1) is 0 Å². The first-order valence-electron chi connectivity index (χ1n) is 8.38. The zero-order chi connectivity index (χ0) is 15.5. The van der Waals surface area contributed by atoms with Gasteiger partial charge in [0.1, 0.15) is 5.75 Å². The summed E-state index contributed by atoms with van der Waals surface area (Å²) in [5.41, 5.74) is 7.14. The van der Waals surface area contributed by atoms with Crippen molar-refractivity contribution in [2.24, 2.45) is 5.73 Å². The number of fused-ring (bicyclic) bond motifs is 1. The summed E-state index contributed by atoms with van der Waals surface area (Å²) in [5, 5.41) is 0. The van der Waals surface area contributed by atoms with Gasteiger partial charge < -0.3 is 15.4 Å². The van der Waals surface area contributed by atoms with E-state index in [1.165, 1.54) is 5.56 Å². The molecule has 1 aromatic rings. The Balaban J connectivity index is 1.62. The number of para-hydroxylation sites is 1. The van der Waals surface area contributed by atoms with E-state index < -0.39 is 0 Å². The van der Waals surface area contributed by atoms with Gasteiger partial charge in [-0.1, -0.05) is 18.2 Å². The Labute approximate surface area is 132 Å². The molecule has 0 radical (unpaired) electrons. The van der Waals surface area contributed by atoms with Gasteiger partial charge in [0.25, 0.3) is 0 Å². The first-order valence-corrected chi connectivity index (χ1v) is 8.38. The lowest BCUT2D eigenvalue weighted by atomic mass is 9.88. The molecule has 0 spiro atoms. The number of hydrogen-bond acceptors (Lipinski definition) is 3. The van der Waals surface area contributed by atoms with Crippen LogP contribution in [0.3, 0.4) is 0 Å². The molecule has 1 atom stereocenters. The fourth-order valence-electron chi connectivity index (χ4n) is 3.68. The topological polar surface area (TPSA) is 55.6 Å². The van der Waals surface area contributed by atoms with Crippen LogP contribution in [0.15, 0.2) is 24.3 Å². The number of rotatable bonds is 3. The second-order valence-electron chi connectivity index (χ2n) is 6.65. The Bertz CT molecular complexity index is 524. The smallest absolute Gasteiger partial charge is 0.223 e.